The van der Waals surface area contributed by atoms with Crippen LogP contribution in [-0.2, 0) is 9.36 Å². The minimum Gasteiger partial charge on any atom is -0.481 e. The Morgan fingerprint density at radius 3 is 2.36 bits per heavy atom. The van der Waals surface area contributed by atoms with Crippen molar-refractivity contribution in [2.24, 2.45) is 0 Å². The van der Waals surface area contributed by atoms with E-state index in [9.17, 15) is 19.4 Å². The molecule has 0 aromatic heterocycles. The molecule has 2 N–H and O–H groups in total. The molecule has 1 fully saturated rings. The number of unbranched alkanes of at least 4 members (excludes halogenated alkanes) is 2. The molecule has 3 atom stereocenters. The fourth-order valence-electron chi connectivity index (χ4n) is 4.08. The lowest BCUT2D eigenvalue weighted by atomic mass is 9.92. The third kappa shape index (κ3) is 5.18. The predicted octanol–water partition coefficient (Wildman–Crippen LogP) is 5.41. The van der Waals surface area contributed by atoms with Crippen LogP contribution in [0.15, 0.2) is 30.3 Å². The van der Waals surface area contributed by atoms with Gasteiger partial charge >= 0.3 is 5.97 Å². The van der Waals surface area contributed by atoms with Crippen LogP contribution in [0, 0.1) is 0 Å². The van der Waals surface area contributed by atoms with Gasteiger partial charge in [-0.25, -0.2) is 0 Å². The van der Waals surface area contributed by atoms with E-state index in [1.165, 1.54) is 0 Å². The van der Waals surface area contributed by atoms with Gasteiger partial charge in [-0.05, 0) is 24.8 Å². The molecule has 1 aliphatic carbocycles. The number of aliphatic carboxylic acids is 1. The average Bonchev–Trinajstić information content (AvgIpc) is 2.62. The maximum atomic E-state index is 13.5. The summed E-state index contributed by atoms with van der Waals surface area (Å²) in [7, 11) is -3.57. The van der Waals surface area contributed by atoms with Gasteiger partial charge in [0.1, 0.15) is 0 Å². The van der Waals surface area contributed by atoms with Gasteiger partial charge in [0.15, 0.2) is 0 Å². The Balaban J connectivity index is 2.34. The second-order valence-electron chi connectivity index (χ2n) is 7.25. The third-order valence-electron chi connectivity index (χ3n) is 5.49. The van der Waals surface area contributed by atoms with Crippen LogP contribution < -0.4 is 0 Å². The molecule has 4 nitrogen and oxygen atoms in total. The Bertz CT molecular complexity index is 581. The molecule has 0 bridgehead atoms. The molecule has 2 rings (SSSR count). The normalized spacial score (nSPS) is 20.6. The zero-order valence-corrected chi connectivity index (χ0v) is 16.0. The quantitative estimate of drug-likeness (QED) is 0.453. The van der Waals surface area contributed by atoms with E-state index in [1.54, 1.807) is 24.3 Å². The highest BCUT2D eigenvalue weighted by molar-refractivity contribution is 7.59. The van der Waals surface area contributed by atoms with Crippen molar-refractivity contribution in [3.05, 3.63) is 35.9 Å². The summed E-state index contributed by atoms with van der Waals surface area (Å²) in [5.74, 6) is -1.89. The topological polar surface area (TPSA) is 74.6 Å². The third-order valence-corrected chi connectivity index (χ3v) is 8.56. The highest BCUT2D eigenvalue weighted by atomic mass is 31.2. The van der Waals surface area contributed by atoms with Crippen LogP contribution in [0.4, 0.5) is 0 Å². The molecule has 0 radical (unpaired) electrons. The first-order chi connectivity index (χ1) is 12.0. The molecular weight excluding hydrogens is 335 g/mol. The van der Waals surface area contributed by atoms with Crippen molar-refractivity contribution >= 4 is 13.3 Å². The number of benzene rings is 1. The summed E-state index contributed by atoms with van der Waals surface area (Å²) in [6.07, 6.45) is 7.83. The van der Waals surface area contributed by atoms with Gasteiger partial charge in [0.05, 0.1) is 11.6 Å². The van der Waals surface area contributed by atoms with Crippen molar-refractivity contribution in [1.82, 2.24) is 0 Å². The summed E-state index contributed by atoms with van der Waals surface area (Å²) in [6, 6.07) is 8.99. The summed E-state index contributed by atoms with van der Waals surface area (Å²) >= 11 is 0. The van der Waals surface area contributed by atoms with Gasteiger partial charge in [-0.2, -0.15) is 0 Å². The average molecular weight is 366 g/mol. The number of hydrogen-bond acceptors (Lipinski definition) is 2. The van der Waals surface area contributed by atoms with Crippen molar-refractivity contribution in [3.8, 4) is 0 Å². The minimum atomic E-state index is -3.57. The summed E-state index contributed by atoms with van der Waals surface area (Å²) in [6.45, 7) is 2.08. The van der Waals surface area contributed by atoms with Crippen molar-refractivity contribution < 1.29 is 19.4 Å². The molecule has 1 aliphatic rings. The Morgan fingerprint density at radius 2 is 1.80 bits per heavy atom. The van der Waals surface area contributed by atoms with Crippen LogP contribution in [0.1, 0.15) is 76.2 Å². The van der Waals surface area contributed by atoms with Crippen molar-refractivity contribution in [1.29, 1.82) is 0 Å². The lowest BCUT2D eigenvalue weighted by molar-refractivity contribution is -0.139. The molecule has 1 aromatic rings. The standard InChI is InChI=1S/C20H31O4P/c1-2-3-6-15-18(25(23,24)17-13-9-5-10-14-17)19(20(21)22)16-11-7-4-8-12-16/h4,7-8,11-12,17-19H,2-3,5-6,9-10,13-15H2,1H3,(H,21,22)(H,23,24). The van der Waals surface area contributed by atoms with E-state index < -0.39 is 24.9 Å². The van der Waals surface area contributed by atoms with Gasteiger partial charge in [-0.15, -0.1) is 0 Å². The largest absolute Gasteiger partial charge is 0.481 e. The van der Waals surface area contributed by atoms with E-state index in [4.69, 9.17) is 0 Å². The molecule has 3 unspecified atom stereocenters. The lowest BCUT2D eigenvalue weighted by Crippen LogP contribution is -2.31. The number of carbonyl (C=O) groups is 1. The molecule has 1 saturated carbocycles. The first kappa shape index (κ1) is 20.2. The number of carboxylic acids is 1. The first-order valence-corrected chi connectivity index (χ1v) is 11.4. The van der Waals surface area contributed by atoms with Gasteiger partial charge in [-0.3, -0.25) is 9.36 Å². The minimum absolute atomic E-state index is 0.238. The number of carboxylic acid groups (broad SMARTS) is 1. The zero-order valence-electron chi connectivity index (χ0n) is 15.1. The summed E-state index contributed by atoms with van der Waals surface area (Å²) in [5, 5.41) is 9.88. The predicted molar refractivity (Wildman–Crippen MR) is 101 cm³/mol. The Morgan fingerprint density at radius 1 is 1.16 bits per heavy atom. The smallest absolute Gasteiger partial charge is 0.311 e. The fraction of sp³-hybridized carbons (Fsp3) is 0.650. The highest BCUT2D eigenvalue weighted by Gasteiger charge is 2.46. The maximum absolute atomic E-state index is 13.5. The monoisotopic (exact) mass is 366 g/mol. The molecule has 5 heteroatoms. The van der Waals surface area contributed by atoms with E-state index in [1.807, 2.05) is 6.07 Å². The van der Waals surface area contributed by atoms with Gasteiger partial charge in [0.2, 0.25) is 7.37 Å². The van der Waals surface area contributed by atoms with E-state index in [-0.39, 0.29) is 5.66 Å². The molecule has 140 valence electrons. The summed E-state index contributed by atoms with van der Waals surface area (Å²) < 4.78 is 13.5. The van der Waals surface area contributed by atoms with Crippen LogP contribution in [-0.4, -0.2) is 27.3 Å². The first-order valence-electron chi connectivity index (χ1n) is 9.58. The van der Waals surface area contributed by atoms with Gasteiger partial charge in [0.25, 0.3) is 0 Å². The second-order valence-corrected chi connectivity index (χ2v) is 9.99. The highest BCUT2D eigenvalue weighted by Crippen LogP contribution is 2.60. The van der Waals surface area contributed by atoms with Gasteiger partial charge < -0.3 is 10.00 Å². The molecule has 1 aromatic carbocycles. The summed E-state index contributed by atoms with van der Waals surface area (Å²) in [5.41, 5.74) is -0.290. The van der Waals surface area contributed by atoms with E-state index >= 15 is 0 Å². The molecule has 0 spiro atoms. The van der Waals surface area contributed by atoms with Crippen LogP contribution in [0.2, 0.25) is 0 Å². The molecule has 0 saturated heterocycles. The van der Waals surface area contributed by atoms with Crippen LogP contribution >= 0.6 is 7.37 Å². The van der Waals surface area contributed by atoms with Crippen molar-refractivity contribution in [2.45, 2.75) is 81.9 Å². The molecule has 0 amide bonds. The number of rotatable bonds is 9. The van der Waals surface area contributed by atoms with E-state index in [0.717, 1.165) is 51.4 Å². The zero-order chi connectivity index (χ0) is 18.3. The SMILES string of the molecule is CCCCCC(C(C(=O)O)c1ccccc1)P(=O)(O)C1CCCCC1. The molecule has 25 heavy (non-hydrogen) atoms. The Kier molecular flexibility index (Phi) is 7.71. The van der Waals surface area contributed by atoms with Crippen molar-refractivity contribution in [3.63, 3.8) is 0 Å². The Hall–Kier alpha value is -1.12. The molecular formula is C20H31O4P. The lowest BCUT2D eigenvalue weighted by Gasteiger charge is -2.35. The number of hydrogen-bond donors (Lipinski definition) is 2. The molecule has 0 heterocycles. The Labute approximate surface area is 151 Å². The van der Waals surface area contributed by atoms with E-state index in [0.29, 0.717) is 12.0 Å². The van der Waals surface area contributed by atoms with Crippen molar-refractivity contribution in [2.75, 3.05) is 0 Å². The van der Waals surface area contributed by atoms with Crippen LogP contribution in [0.3, 0.4) is 0 Å². The van der Waals surface area contributed by atoms with E-state index in [2.05, 4.69) is 6.92 Å². The van der Waals surface area contributed by atoms with Gasteiger partial charge in [0, 0.05) is 5.66 Å². The maximum Gasteiger partial charge on any atom is 0.311 e. The second kappa shape index (κ2) is 9.54. The fourth-order valence-corrected chi connectivity index (χ4v) is 7.01. The summed E-state index contributed by atoms with van der Waals surface area (Å²) in [4.78, 5) is 23.1. The molecule has 0 aliphatic heterocycles. The van der Waals surface area contributed by atoms with Crippen LogP contribution in [0.5, 0.6) is 0 Å². The van der Waals surface area contributed by atoms with Gasteiger partial charge in [-0.1, -0.05) is 75.8 Å². The van der Waals surface area contributed by atoms with Crippen LogP contribution in [0.25, 0.3) is 0 Å².